The summed E-state index contributed by atoms with van der Waals surface area (Å²) in [6.07, 6.45) is 0.0385. The van der Waals surface area contributed by atoms with Gasteiger partial charge in [0.15, 0.2) is 0 Å². The van der Waals surface area contributed by atoms with E-state index < -0.39 is 30.4 Å². The minimum atomic E-state index is -1.44. The number of fused-ring (bicyclic) bond motifs is 1. The maximum absolute atomic E-state index is 12.1. The normalized spacial score (nSPS) is 14.5. The van der Waals surface area contributed by atoms with E-state index in [0.717, 1.165) is 11.3 Å². The molecule has 1 aliphatic heterocycles. The Morgan fingerprint density at radius 1 is 1.25 bits per heavy atom. The Kier molecular flexibility index (Phi) is 3.88. The van der Waals surface area contributed by atoms with Gasteiger partial charge in [0.05, 0.1) is 6.42 Å². The summed E-state index contributed by atoms with van der Waals surface area (Å²) in [6.45, 7) is 0.449. The summed E-state index contributed by atoms with van der Waals surface area (Å²) >= 11 is 0. The van der Waals surface area contributed by atoms with Crippen molar-refractivity contribution in [1.82, 2.24) is 5.32 Å². The highest BCUT2D eigenvalue weighted by atomic mass is 16.4. The van der Waals surface area contributed by atoms with Crippen LogP contribution in [0.15, 0.2) is 24.3 Å². The van der Waals surface area contributed by atoms with Gasteiger partial charge < -0.3 is 15.5 Å². The molecule has 0 spiro atoms. The molecule has 106 valence electrons. The molecule has 7 heteroatoms. The zero-order chi connectivity index (χ0) is 14.7. The van der Waals surface area contributed by atoms with Crippen LogP contribution in [0.5, 0.6) is 0 Å². The van der Waals surface area contributed by atoms with Crippen LogP contribution < -0.4 is 10.2 Å². The minimum Gasteiger partial charge on any atom is -0.481 e. The molecule has 0 aromatic heterocycles. The highest BCUT2D eigenvalue weighted by Crippen LogP contribution is 2.27. The zero-order valence-electron chi connectivity index (χ0n) is 10.6. The van der Waals surface area contributed by atoms with Crippen molar-refractivity contribution in [2.75, 3.05) is 11.4 Å². The number of rotatable bonds is 4. The number of carboxylic acids is 2. The number of aliphatic carboxylic acids is 2. The molecule has 7 nitrogen and oxygen atoms in total. The minimum absolute atomic E-state index is 0.449. The van der Waals surface area contributed by atoms with Crippen LogP contribution in [0.25, 0.3) is 0 Å². The van der Waals surface area contributed by atoms with Crippen LogP contribution >= 0.6 is 0 Å². The average molecular weight is 278 g/mol. The summed E-state index contributed by atoms with van der Waals surface area (Å²) in [4.78, 5) is 35.0. The standard InChI is InChI=1S/C13H14N2O5/c16-11(17)7-9(12(18)19)14-13(20)15-6-5-8-3-1-2-4-10(8)15/h1-4,9H,5-7H2,(H,14,20)(H,16,17)(H,18,19). The summed E-state index contributed by atoms with van der Waals surface area (Å²) in [5.74, 6) is -2.65. The van der Waals surface area contributed by atoms with Crippen LogP contribution in [0.4, 0.5) is 10.5 Å². The van der Waals surface area contributed by atoms with Crippen LogP contribution in [0.2, 0.25) is 0 Å². The largest absolute Gasteiger partial charge is 0.481 e. The Balaban J connectivity index is 2.09. The lowest BCUT2D eigenvalue weighted by Gasteiger charge is -2.20. The van der Waals surface area contributed by atoms with Gasteiger partial charge in [0.1, 0.15) is 6.04 Å². The highest BCUT2D eigenvalue weighted by Gasteiger charge is 2.29. The van der Waals surface area contributed by atoms with Gasteiger partial charge in [-0.15, -0.1) is 0 Å². The van der Waals surface area contributed by atoms with Gasteiger partial charge in [-0.3, -0.25) is 9.69 Å². The molecule has 1 heterocycles. The topological polar surface area (TPSA) is 107 Å². The maximum atomic E-state index is 12.1. The summed E-state index contributed by atoms with van der Waals surface area (Å²) in [5.41, 5.74) is 1.73. The Hall–Kier alpha value is -2.57. The molecule has 0 saturated heterocycles. The molecule has 2 rings (SSSR count). The van der Waals surface area contributed by atoms with E-state index in [9.17, 15) is 14.4 Å². The van der Waals surface area contributed by atoms with Crippen molar-refractivity contribution in [3.63, 3.8) is 0 Å². The monoisotopic (exact) mass is 278 g/mol. The van der Waals surface area contributed by atoms with Crippen LogP contribution in [-0.2, 0) is 16.0 Å². The van der Waals surface area contributed by atoms with Gasteiger partial charge >= 0.3 is 18.0 Å². The molecular formula is C13H14N2O5. The smallest absolute Gasteiger partial charge is 0.326 e. The molecule has 1 atom stereocenters. The first kappa shape index (κ1) is 13.9. The molecule has 0 bridgehead atoms. The van der Waals surface area contributed by atoms with Crippen molar-refractivity contribution in [2.24, 2.45) is 0 Å². The number of carboxylic acid groups (broad SMARTS) is 2. The summed E-state index contributed by atoms with van der Waals surface area (Å²) in [6, 6.07) is 5.29. The lowest BCUT2D eigenvalue weighted by Crippen LogP contribution is -2.48. The van der Waals surface area contributed by atoms with Crippen LogP contribution in [0.1, 0.15) is 12.0 Å². The third kappa shape index (κ3) is 2.87. The van der Waals surface area contributed by atoms with E-state index in [-0.39, 0.29) is 0 Å². The van der Waals surface area contributed by atoms with E-state index in [0.29, 0.717) is 13.0 Å². The SMILES string of the molecule is O=C(O)CC(NC(=O)N1CCc2ccccc21)C(=O)O. The van der Waals surface area contributed by atoms with Gasteiger partial charge in [0.2, 0.25) is 0 Å². The van der Waals surface area contributed by atoms with Gasteiger partial charge in [-0.1, -0.05) is 18.2 Å². The highest BCUT2D eigenvalue weighted by molar-refractivity contribution is 5.97. The van der Waals surface area contributed by atoms with Gasteiger partial charge in [-0.25, -0.2) is 9.59 Å². The first-order valence-corrected chi connectivity index (χ1v) is 6.09. The summed E-state index contributed by atoms with van der Waals surface area (Å²) in [7, 11) is 0. The second-order valence-corrected chi connectivity index (χ2v) is 4.47. The van der Waals surface area contributed by atoms with Crippen LogP contribution in [0, 0.1) is 0 Å². The van der Waals surface area contributed by atoms with E-state index in [1.165, 1.54) is 4.90 Å². The second-order valence-electron chi connectivity index (χ2n) is 4.47. The quantitative estimate of drug-likeness (QED) is 0.751. The van der Waals surface area contributed by atoms with Gasteiger partial charge in [0.25, 0.3) is 0 Å². The van der Waals surface area contributed by atoms with Crippen LogP contribution in [0.3, 0.4) is 0 Å². The Morgan fingerprint density at radius 2 is 1.95 bits per heavy atom. The van der Waals surface area contributed by atoms with Gasteiger partial charge in [-0.2, -0.15) is 0 Å². The van der Waals surface area contributed by atoms with E-state index in [1.807, 2.05) is 12.1 Å². The van der Waals surface area contributed by atoms with Crippen molar-refractivity contribution in [1.29, 1.82) is 0 Å². The lowest BCUT2D eigenvalue weighted by molar-refractivity contribution is -0.145. The molecule has 3 N–H and O–H groups in total. The van der Waals surface area contributed by atoms with Crippen molar-refractivity contribution in [2.45, 2.75) is 18.9 Å². The Morgan fingerprint density at radius 3 is 2.60 bits per heavy atom. The fourth-order valence-corrected chi connectivity index (χ4v) is 2.15. The fraction of sp³-hybridized carbons (Fsp3) is 0.308. The molecule has 1 aromatic carbocycles. The number of amides is 2. The molecule has 1 aliphatic rings. The third-order valence-corrected chi connectivity index (χ3v) is 3.11. The second kappa shape index (κ2) is 5.60. The molecule has 1 aromatic rings. The lowest BCUT2D eigenvalue weighted by atomic mass is 10.2. The number of anilines is 1. The molecular weight excluding hydrogens is 264 g/mol. The molecule has 0 aliphatic carbocycles. The predicted octanol–water partition coefficient (Wildman–Crippen LogP) is 0.687. The number of hydrogen-bond donors (Lipinski definition) is 3. The number of carbonyl (C=O) groups is 3. The Labute approximate surface area is 114 Å². The number of para-hydroxylation sites is 1. The number of benzene rings is 1. The first-order chi connectivity index (χ1) is 9.49. The van der Waals surface area contributed by atoms with Crippen molar-refractivity contribution >= 4 is 23.7 Å². The number of urea groups is 1. The number of nitrogens with zero attached hydrogens (tertiary/aromatic N) is 1. The number of hydrogen-bond acceptors (Lipinski definition) is 3. The molecule has 2 amide bonds. The van der Waals surface area contributed by atoms with E-state index in [4.69, 9.17) is 10.2 Å². The third-order valence-electron chi connectivity index (χ3n) is 3.11. The number of nitrogens with one attached hydrogen (secondary N) is 1. The Bertz CT molecular complexity index is 557. The van der Waals surface area contributed by atoms with Gasteiger partial charge in [0, 0.05) is 12.2 Å². The van der Waals surface area contributed by atoms with Gasteiger partial charge in [-0.05, 0) is 18.1 Å². The average Bonchev–Trinajstić information content (AvgIpc) is 2.81. The van der Waals surface area contributed by atoms with Crippen molar-refractivity contribution < 1.29 is 24.6 Å². The van der Waals surface area contributed by atoms with E-state index in [1.54, 1.807) is 12.1 Å². The molecule has 0 saturated carbocycles. The first-order valence-electron chi connectivity index (χ1n) is 6.09. The molecule has 20 heavy (non-hydrogen) atoms. The summed E-state index contributed by atoms with van der Waals surface area (Å²) < 4.78 is 0. The zero-order valence-corrected chi connectivity index (χ0v) is 10.6. The predicted molar refractivity (Wildman–Crippen MR) is 69.7 cm³/mol. The van der Waals surface area contributed by atoms with Crippen molar-refractivity contribution in [3.05, 3.63) is 29.8 Å². The number of carbonyl (C=O) groups excluding carboxylic acids is 1. The summed E-state index contributed by atoms with van der Waals surface area (Å²) in [5, 5.41) is 19.8. The van der Waals surface area contributed by atoms with E-state index in [2.05, 4.69) is 5.32 Å². The molecule has 0 radical (unpaired) electrons. The molecule has 1 unspecified atom stereocenters. The fourth-order valence-electron chi connectivity index (χ4n) is 2.15. The van der Waals surface area contributed by atoms with Crippen molar-refractivity contribution in [3.8, 4) is 0 Å². The molecule has 0 fully saturated rings. The van der Waals surface area contributed by atoms with Crippen LogP contribution in [-0.4, -0.2) is 40.8 Å². The van der Waals surface area contributed by atoms with E-state index >= 15 is 0 Å². The maximum Gasteiger partial charge on any atom is 0.326 e.